The van der Waals surface area contributed by atoms with Crippen LogP contribution in [-0.2, 0) is 28.5 Å². The lowest BCUT2D eigenvalue weighted by Crippen LogP contribution is -2.25. The second-order valence-corrected chi connectivity index (χ2v) is 6.59. The van der Waals surface area contributed by atoms with E-state index in [0.29, 0.717) is 39.0 Å². The van der Waals surface area contributed by atoms with Gasteiger partial charge in [-0.25, -0.2) is 14.4 Å². The normalized spacial score (nSPS) is 9.97. The van der Waals surface area contributed by atoms with Crippen LogP contribution in [0.15, 0.2) is 12.7 Å². The van der Waals surface area contributed by atoms with Gasteiger partial charge in [0.25, 0.3) is 0 Å². The van der Waals surface area contributed by atoms with Crippen LogP contribution >= 0.6 is 0 Å². The minimum atomic E-state index is -0.649. The van der Waals surface area contributed by atoms with E-state index in [9.17, 15) is 19.2 Å². The highest BCUT2D eigenvalue weighted by molar-refractivity contribution is 5.81. The molecule has 0 aromatic carbocycles. The molecular weight excluding hydrogens is 408 g/mol. The number of hydrogen-bond acceptors (Lipinski definition) is 8. The summed E-state index contributed by atoms with van der Waals surface area (Å²) in [6.07, 6.45) is 7.10. The summed E-state index contributed by atoms with van der Waals surface area (Å²) in [6.45, 7) is 6.39. The Hall–Kier alpha value is -2.78. The van der Waals surface area contributed by atoms with Crippen LogP contribution in [0.3, 0.4) is 0 Å². The monoisotopic (exact) mass is 444 g/mol. The Labute approximate surface area is 184 Å². The van der Waals surface area contributed by atoms with Crippen LogP contribution < -0.4 is 10.6 Å². The number of alkyl carbamates (subject to hydrolysis) is 2. The first-order chi connectivity index (χ1) is 15.0. The number of rotatable bonds is 18. The largest absolute Gasteiger partial charge is 0.450 e. The summed E-state index contributed by atoms with van der Waals surface area (Å²) in [6, 6.07) is 0. The van der Waals surface area contributed by atoms with Crippen molar-refractivity contribution in [3.63, 3.8) is 0 Å². The van der Waals surface area contributed by atoms with Gasteiger partial charge in [-0.3, -0.25) is 4.79 Å². The number of esters is 2. The van der Waals surface area contributed by atoms with Crippen LogP contribution in [0.25, 0.3) is 0 Å². The Morgan fingerprint density at radius 3 is 1.94 bits per heavy atom. The SMILES string of the molecule is C=CC(=O)OCOC(=O)CCCCCOC(=O)NCCCCCCCNC(=O)OCC. The molecule has 0 saturated heterocycles. The third kappa shape index (κ3) is 20.3. The highest BCUT2D eigenvalue weighted by atomic mass is 16.7. The summed E-state index contributed by atoms with van der Waals surface area (Å²) in [5, 5.41) is 5.38. The van der Waals surface area contributed by atoms with Gasteiger partial charge in [-0.1, -0.05) is 25.8 Å². The van der Waals surface area contributed by atoms with Gasteiger partial charge in [0.2, 0.25) is 6.79 Å². The van der Waals surface area contributed by atoms with Crippen molar-refractivity contribution in [2.75, 3.05) is 33.1 Å². The molecule has 0 fully saturated rings. The van der Waals surface area contributed by atoms with E-state index >= 15 is 0 Å². The molecule has 0 aliphatic rings. The van der Waals surface area contributed by atoms with Crippen molar-refractivity contribution in [1.29, 1.82) is 0 Å². The van der Waals surface area contributed by atoms with Crippen LogP contribution in [0.1, 0.15) is 64.7 Å². The Balaban J connectivity index is 3.36. The predicted octanol–water partition coefficient (Wildman–Crippen LogP) is 3.20. The van der Waals surface area contributed by atoms with Gasteiger partial charge in [0.1, 0.15) is 0 Å². The van der Waals surface area contributed by atoms with Crippen LogP contribution in [-0.4, -0.2) is 57.2 Å². The molecule has 178 valence electrons. The zero-order valence-electron chi connectivity index (χ0n) is 18.4. The summed E-state index contributed by atoms with van der Waals surface area (Å²) in [4.78, 5) is 44.8. The molecular formula is C21H36N2O8. The molecule has 0 aromatic rings. The standard InChI is InChI=1S/C21H36N2O8/c1-3-18(24)30-17-31-19(25)13-9-8-12-16-29-21(27)23-15-11-7-5-6-10-14-22-20(26)28-4-2/h3H,1,4-17H2,2H3,(H,22,26)(H,23,27). The molecule has 0 aliphatic heterocycles. The topological polar surface area (TPSA) is 129 Å². The fourth-order valence-corrected chi connectivity index (χ4v) is 2.39. The maximum Gasteiger partial charge on any atom is 0.407 e. The van der Waals surface area contributed by atoms with Gasteiger partial charge >= 0.3 is 24.1 Å². The molecule has 2 N–H and O–H groups in total. The van der Waals surface area contributed by atoms with Crippen LogP contribution in [0.5, 0.6) is 0 Å². The number of carbonyl (C=O) groups is 4. The quantitative estimate of drug-likeness (QED) is 0.108. The van der Waals surface area contributed by atoms with E-state index < -0.39 is 24.8 Å². The van der Waals surface area contributed by atoms with Crippen molar-refractivity contribution in [3.8, 4) is 0 Å². The number of unbranched alkanes of at least 4 members (excludes halogenated alkanes) is 6. The Morgan fingerprint density at radius 2 is 1.32 bits per heavy atom. The molecule has 0 unspecified atom stereocenters. The first-order valence-corrected chi connectivity index (χ1v) is 10.8. The van der Waals surface area contributed by atoms with Gasteiger partial charge in [0.05, 0.1) is 13.2 Å². The van der Waals surface area contributed by atoms with Gasteiger partial charge in [0.15, 0.2) is 0 Å². The van der Waals surface area contributed by atoms with Gasteiger partial charge in [-0.05, 0) is 39.0 Å². The molecule has 0 spiro atoms. The van der Waals surface area contributed by atoms with Crippen molar-refractivity contribution in [2.24, 2.45) is 0 Å². The van der Waals surface area contributed by atoms with Crippen molar-refractivity contribution in [3.05, 3.63) is 12.7 Å². The highest BCUT2D eigenvalue weighted by Gasteiger charge is 2.05. The first-order valence-electron chi connectivity index (χ1n) is 10.8. The third-order valence-corrected chi connectivity index (χ3v) is 4.01. The van der Waals surface area contributed by atoms with Gasteiger partial charge in [-0.2, -0.15) is 0 Å². The smallest absolute Gasteiger partial charge is 0.407 e. The van der Waals surface area contributed by atoms with Crippen LogP contribution in [0.2, 0.25) is 0 Å². The Morgan fingerprint density at radius 1 is 0.742 bits per heavy atom. The molecule has 0 aliphatic carbocycles. The van der Waals surface area contributed by atoms with E-state index in [-0.39, 0.29) is 19.1 Å². The number of hydrogen-bond donors (Lipinski definition) is 2. The summed E-state index contributed by atoms with van der Waals surface area (Å²) in [7, 11) is 0. The molecule has 0 radical (unpaired) electrons. The summed E-state index contributed by atoms with van der Waals surface area (Å²) < 4.78 is 19.1. The lowest BCUT2D eigenvalue weighted by Gasteiger charge is -2.07. The van der Waals surface area contributed by atoms with Crippen molar-refractivity contribution in [1.82, 2.24) is 10.6 Å². The van der Waals surface area contributed by atoms with E-state index in [1.165, 1.54) is 0 Å². The summed E-state index contributed by atoms with van der Waals surface area (Å²) in [5.74, 6) is -1.10. The third-order valence-electron chi connectivity index (χ3n) is 4.01. The zero-order valence-corrected chi connectivity index (χ0v) is 18.4. The van der Waals surface area contributed by atoms with E-state index in [4.69, 9.17) is 14.2 Å². The molecule has 0 rings (SSSR count). The molecule has 0 heterocycles. The summed E-state index contributed by atoms with van der Waals surface area (Å²) >= 11 is 0. The van der Waals surface area contributed by atoms with Gasteiger partial charge in [0, 0.05) is 25.6 Å². The molecule has 10 nitrogen and oxygen atoms in total. The number of carbonyl (C=O) groups excluding carboxylic acids is 4. The fraction of sp³-hybridized carbons (Fsp3) is 0.714. The first kappa shape index (κ1) is 28.2. The predicted molar refractivity (Wildman–Crippen MR) is 113 cm³/mol. The number of ether oxygens (including phenoxy) is 4. The highest BCUT2D eigenvalue weighted by Crippen LogP contribution is 2.03. The molecule has 10 heteroatoms. The molecule has 0 bridgehead atoms. The van der Waals surface area contributed by atoms with Crippen LogP contribution in [0.4, 0.5) is 9.59 Å². The zero-order chi connectivity index (χ0) is 23.2. The molecule has 0 atom stereocenters. The van der Waals surface area contributed by atoms with E-state index in [0.717, 1.165) is 38.2 Å². The van der Waals surface area contributed by atoms with Gasteiger partial charge in [-0.15, -0.1) is 0 Å². The van der Waals surface area contributed by atoms with Crippen molar-refractivity contribution < 1.29 is 38.1 Å². The fourth-order valence-electron chi connectivity index (χ4n) is 2.39. The molecule has 0 saturated carbocycles. The maximum absolute atomic E-state index is 11.6. The average molecular weight is 445 g/mol. The van der Waals surface area contributed by atoms with Crippen molar-refractivity contribution >= 4 is 24.1 Å². The van der Waals surface area contributed by atoms with Crippen LogP contribution in [0, 0.1) is 0 Å². The second kappa shape index (κ2) is 20.5. The maximum atomic E-state index is 11.6. The lowest BCUT2D eigenvalue weighted by molar-refractivity contribution is -0.164. The van der Waals surface area contributed by atoms with Crippen molar-refractivity contribution in [2.45, 2.75) is 64.7 Å². The lowest BCUT2D eigenvalue weighted by atomic mass is 10.1. The minimum absolute atomic E-state index is 0.205. The van der Waals surface area contributed by atoms with E-state index in [2.05, 4.69) is 21.9 Å². The van der Waals surface area contributed by atoms with Gasteiger partial charge < -0.3 is 29.6 Å². The summed E-state index contributed by atoms with van der Waals surface area (Å²) in [5.41, 5.74) is 0. The number of amides is 2. The van der Waals surface area contributed by atoms with E-state index in [1.54, 1.807) is 6.92 Å². The number of nitrogens with one attached hydrogen (secondary N) is 2. The Bertz CT molecular complexity index is 539. The molecule has 2 amide bonds. The van der Waals surface area contributed by atoms with E-state index in [1.807, 2.05) is 0 Å². The molecule has 31 heavy (non-hydrogen) atoms. The minimum Gasteiger partial charge on any atom is -0.450 e. The Kier molecular flexibility index (Phi) is 18.7. The molecule has 0 aromatic heterocycles. The average Bonchev–Trinajstić information content (AvgIpc) is 2.74. The second-order valence-electron chi connectivity index (χ2n) is 6.59.